The molecule has 7 nitrogen and oxygen atoms in total. The van der Waals surface area contributed by atoms with Gasteiger partial charge in [-0.3, -0.25) is 9.59 Å². The number of carbonyl (C=O) groups excluding carboxylic acids is 2. The quantitative estimate of drug-likeness (QED) is 0.580. The molecule has 0 atom stereocenters. The fourth-order valence-electron chi connectivity index (χ4n) is 2.05. The van der Waals surface area contributed by atoms with E-state index in [0.717, 1.165) is 26.2 Å². The lowest BCUT2D eigenvalue weighted by Crippen LogP contribution is -2.43. The number of amides is 2. The van der Waals surface area contributed by atoms with Crippen LogP contribution in [0.15, 0.2) is 0 Å². The Labute approximate surface area is 114 Å². The van der Waals surface area contributed by atoms with Crippen molar-refractivity contribution in [1.29, 1.82) is 0 Å². The van der Waals surface area contributed by atoms with E-state index < -0.39 is 5.91 Å². The number of rotatable bonds is 3. The van der Waals surface area contributed by atoms with Crippen LogP contribution in [0.3, 0.4) is 0 Å². The minimum absolute atomic E-state index is 0.172. The molecule has 1 fully saturated rings. The third kappa shape index (κ3) is 2.49. The summed E-state index contributed by atoms with van der Waals surface area (Å²) < 4.78 is 0. The Morgan fingerprint density at radius 1 is 1.37 bits per heavy atom. The van der Waals surface area contributed by atoms with Crippen molar-refractivity contribution in [2.45, 2.75) is 0 Å². The zero-order valence-corrected chi connectivity index (χ0v) is 11.5. The van der Waals surface area contributed by atoms with Crippen LogP contribution in [-0.4, -0.2) is 45.0 Å². The Kier molecular flexibility index (Phi) is 3.91. The molecule has 2 amide bonds. The molecule has 1 aliphatic rings. The van der Waals surface area contributed by atoms with Gasteiger partial charge in [-0.25, -0.2) is 0 Å². The molecule has 1 aliphatic heterocycles. The van der Waals surface area contributed by atoms with Crippen LogP contribution in [0.1, 0.15) is 20.0 Å². The van der Waals surface area contributed by atoms with Crippen molar-refractivity contribution in [1.82, 2.24) is 10.6 Å². The highest BCUT2D eigenvalue weighted by Crippen LogP contribution is 2.38. The number of hydrogen-bond donors (Lipinski definition) is 4. The number of nitrogens with one attached hydrogen (secondary N) is 2. The van der Waals surface area contributed by atoms with E-state index >= 15 is 0 Å². The van der Waals surface area contributed by atoms with E-state index in [1.165, 1.54) is 18.4 Å². The fourth-order valence-corrected chi connectivity index (χ4v) is 3.17. The SMILES string of the molecule is CNC(=O)c1c(N2CCNCC2)sc(C(N)=O)c1N. The number of hydrogen-bond acceptors (Lipinski definition) is 6. The minimum atomic E-state index is -0.603. The average Bonchev–Trinajstić information content (AvgIpc) is 2.77. The predicted octanol–water partition coefficient (Wildman–Crippen LogP) is -0.802. The van der Waals surface area contributed by atoms with Crippen LogP contribution in [0.2, 0.25) is 0 Å². The highest BCUT2D eigenvalue weighted by atomic mass is 32.1. The van der Waals surface area contributed by atoms with Gasteiger partial charge >= 0.3 is 0 Å². The molecule has 1 saturated heterocycles. The van der Waals surface area contributed by atoms with E-state index in [4.69, 9.17) is 11.5 Å². The van der Waals surface area contributed by atoms with E-state index in [1.54, 1.807) is 0 Å². The molecule has 2 heterocycles. The molecular formula is C11H17N5O2S. The van der Waals surface area contributed by atoms with Gasteiger partial charge in [-0.15, -0.1) is 11.3 Å². The Bertz CT molecular complexity index is 507. The first-order chi connectivity index (χ1) is 9.06. The molecule has 0 spiro atoms. The summed E-state index contributed by atoms with van der Waals surface area (Å²) in [5.41, 5.74) is 11.7. The van der Waals surface area contributed by atoms with Gasteiger partial charge in [0.05, 0.1) is 11.3 Å². The highest BCUT2D eigenvalue weighted by Gasteiger charge is 2.27. The zero-order chi connectivity index (χ0) is 14.0. The number of nitrogen functional groups attached to an aromatic ring is 1. The molecule has 6 N–H and O–H groups in total. The molecule has 0 radical (unpaired) electrons. The Balaban J connectivity index is 2.48. The second-order valence-corrected chi connectivity index (χ2v) is 5.20. The summed E-state index contributed by atoms with van der Waals surface area (Å²) in [7, 11) is 1.53. The average molecular weight is 283 g/mol. The van der Waals surface area contributed by atoms with E-state index in [-0.39, 0.29) is 16.5 Å². The van der Waals surface area contributed by atoms with Crippen LogP contribution in [0.5, 0.6) is 0 Å². The first kappa shape index (κ1) is 13.6. The molecule has 1 aromatic rings. The summed E-state index contributed by atoms with van der Waals surface area (Å²) in [6, 6.07) is 0. The summed E-state index contributed by atoms with van der Waals surface area (Å²) in [5.74, 6) is -0.899. The van der Waals surface area contributed by atoms with Crippen molar-refractivity contribution >= 4 is 33.8 Å². The maximum absolute atomic E-state index is 12.0. The molecule has 0 bridgehead atoms. The fraction of sp³-hybridized carbons (Fsp3) is 0.455. The second kappa shape index (κ2) is 5.45. The summed E-state index contributed by atoms with van der Waals surface area (Å²) >= 11 is 1.18. The molecule has 2 rings (SSSR count). The number of nitrogens with two attached hydrogens (primary N) is 2. The normalized spacial score (nSPS) is 15.3. The van der Waals surface area contributed by atoms with Crippen LogP contribution in [0, 0.1) is 0 Å². The molecule has 0 unspecified atom stereocenters. The summed E-state index contributed by atoms with van der Waals surface area (Å²) in [6.45, 7) is 3.19. The predicted molar refractivity (Wildman–Crippen MR) is 75.7 cm³/mol. The maximum atomic E-state index is 12.0. The number of carbonyl (C=O) groups is 2. The lowest BCUT2D eigenvalue weighted by atomic mass is 10.2. The molecule has 104 valence electrons. The number of primary amides is 1. The van der Waals surface area contributed by atoms with E-state index in [0.29, 0.717) is 10.6 Å². The Hall–Kier alpha value is -1.80. The molecule has 19 heavy (non-hydrogen) atoms. The maximum Gasteiger partial charge on any atom is 0.260 e. The smallest absolute Gasteiger partial charge is 0.260 e. The zero-order valence-electron chi connectivity index (χ0n) is 10.7. The lowest BCUT2D eigenvalue weighted by molar-refractivity contribution is 0.0964. The summed E-state index contributed by atoms with van der Waals surface area (Å²) in [4.78, 5) is 25.6. The molecule has 0 aromatic carbocycles. The van der Waals surface area contributed by atoms with Gasteiger partial charge < -0.3 is 27.0 Å². The molecule has 1 aromatic heterocycles. The third-order valence-corrected chi connectivity index (χ3v) is 4.29. The van der Waals surface area contributed by atoms with E-state index in [1.807, 2.05) is 0 Å². The Morgan fingerprint density at radius 3 is 2.53 bits per heavy atom. The van der Waals surface area contributed by atoms with E-state index in [2.05, 4.69) is 15.5 Å². The largest absolute Gasteiger partial charge is 0.397 e. The number of anilines is 2. The third-order valence-electron chi connectivity index (χ3n) is 3.01. The molecule has 0 aliphatic carbocycles. The summed E-state index contributed by atoms with van der Waals surface area (Å²) in [6.07, 6.45) is 0. The monoisotopic (exact) mass is 283 g/mol. The van der Waals surface area contributed by atoms with Crippen LogP contribution < -0.4 is 27.0 Å². The van der Waals surface area contributed by atoms with Crippen LogP contribution in [0.4, 0.5) is 10.7 Å². The minimum Gasteiger partial charge on any atom is -0.397 e. The van der Waals surface area contributed by atoms with E-state index in [9.17, 15) is 9.59 Å². The van der Waals surface area contributed by atoms with Crippen LogP contribution in [0.25, 0.3) is 0 Å². The molecule has 8 heteroatoms. The van der Waals surface area contributed by atoms with Crippen molar-refractivity contribution in [2.24, 2.45) is 5.73 Å². The first-order valence-corrected chi connectivity index (χ1v) is 6.77. The number of nitrogens with zero attached hydrogens (tertiary/aromatic N) is 1. The standard InChI is InChI=1S/C11H17N5O2S/c1-14-10(18)6-7(12)8(9(13)17)19-11(6)16-4-2-15-3-5-16/h15H,2-5,12H2,1H3,(H2,13,17)(H,14,18). The van der Waals surface area contributed by atoms with Gasteiger partial charge in [0.25, 0.3) is 11.8 Å². The van der Waals surface area contributed by atoms with Crippen LogP contribution >= 0.6 is 11.3 Å². The van der Waals surface area contributed by atoms with Gasteiger partial charge in [0.1, 0.15) is 9.88 Å². The second-order valence-electron chi connectivity index (χ2n) is 4.21. The van der Waals surface area contributed by atoms with Gasteiger partial charge in [-0.05, 0) is 0 Å². The van der Waals surface area contributed by atoms with Gasteiger partial charge in [0.2, 0.25) is 0 Å². The van der Waals surface area contributed by atoms with Crippen LogP contribution in [-0.2, 0) is 0 Å². The van der Waals surface area contributed by atoms with Crippen molar-refractivity contribution in [2.75, 3.05) is 43.9 Å². The van der Waals surface area contributed by atoms with Crippen molar-refractivity contribution < 1.29 is 9.59 Å². The van der Waals surface area contributed by atoms with Gasteiger partial charge in [-0.2, -0.15) is 0 Å². The Morgan fingerprint density at radius 2 is 2.00 bits per heavy atom. The number of piperazine rings is 1. The molecule has 0 saturated carbocycles. The van der Waals surface area contributed by atoms with Gasteiger partial charge in [0.15, 0.2) is 0 Å². The van der Waals surface area contributed by atoms with Gasteiger partial charge in [0, 0.05) is 33.2 Å². The number of thiophene rings is 1. The van der Waals surface area contributed by atoms with Gasteiger partial charge in [-0.1, -0.05) is 0 Å². The van der Waals surface area contributed by atoms with Crippen molar-refractivity contribution in [3.8, 4) is 0 Å². The van der Waals surface area contributed by atoms with Crippen molar-refractivity contribution in [3.63, 3.8) is 0 Å². The topological polar surface area (TPSA) is 113 Å². The first-order valence-electron chi connectivity index (χ1n) is 5.96. The highest BCUT2D eigenvalue weighted by molar-refractivity contribution is 7.19. The molecular weight excluding hydrogens is 266 g/mol. The summed E-state index contributed by atoms with van der Waals surface area (Å²) in [5, 5.41) is 6.49. The lowest BCUT2D eigenvalue weighted by Gasteiger charge is -2.28. The van der Waals surface area contributed by atoms with Crippen molar-refractivity contribution in [3.05, 3.63) is 10.4 Å².